The van der Waals surface area contributed by atoms with Gasteiger partial charge < -0.3 is 4.74 Å². The van der Waals surface area contributed by atoms with Gasteiger partial charge in [-0.3, -0.25) is 19.8 Å². The van der Waals surface area contributed by atoms with Gasteiger partial charge in [-0.1, -0.05) is 54.6 Å². The van der Waals surface area contributed by atoms with E-state index in [1.165, 1.54) is 14.2 Å². The van der Waals surface area contributed by atoms with Crippen molar-refractivity contribution in [3.05, 3.63) is 71.3 Å². The molecule has 4 atom stereocenters. The lowest BCUT2D eigenvalue weighted by atomic mass is 9.75. The van der Waals surface area contributed by atoms with Crippen LogP contribution in [0.5, 0.6) is 0 Å². The molecule has 2 fully saturated rings. The largest absolute Gasteiger partial charge is 0.467 e. The molecule has 2 aliphatic heterocycles. The van der Waals surface area contributed by atoms with E-state index in [4.69, 9.17) is 4.74 Å². The van der Waals surface area contributed by atoms with Crippen LogP contribution in [0.2, 0.25) is 0 Å². The number of imide groups is 1. The highest BCUT2D eigenvalue weighted by molar-refractivity contribution is 6.09. The van der Waals surface area contributed by atoms with Gasteiger partial charge in [-0.2, -0.15) is 0 Å². The third-order valence-corrected chi connectivity index (χ3v) is 6.04. The van der Waals surface area contributed by atoms with Gasteiger partial charge in [0.25, 0.3) is 0 Å². The molecule has 0 spiro atoms. The molecule has 1 N–H and O–H groups in total. The molecule has 144 valence electrons. The molecule has 0 aliphatic carbocycles. The number of aryl methyl sites for hydroxylation is 1. The first-order chi connectivity index (χ1) is 13.4. The predicted molar refractivity (Wildman–Crippen MR) is 102 cm³/mol. The van der Waals surface area contributed by atoms with Gasteiger partial charge in [-0.25, -0.2) is 4.79 Å². The number of carbonyl (C=O) groups is 3. The standard InChI is InChI=1S/C22H22N2O4/c1-13-9-7-8-12-15(13)18-16-17(20(26)24(2)19(16)25)22(23-18,21(27)28-3)14-10-5-4-6-11-14/h4-12,16-18,23H,1-3H3/t16-,17+,18-,22+/m1/s1. The van der Waals surface area contributed by atoms with E-state index in [1.54, 1.807) is 12.1 Å². The van der Waals surface area contributed by atoms with Crippen molar-refractivity contribution in [2.45, 2.75) is 18.5 Å². The molecule has 2 aromatic rings. The summed E-state index contributed by atoms with van der Waals surface area (Å²) in [6.45, 7) is 1.96. The van der Waals surface area contributed by atoms with Gasteiger partial charge in [0, 0.05) is 13.1 Å². The number of amides is 2. The van der Waals surface area contributed by atoms with Crippen molar-refractivity contribution in [3.8, 4) is 0 Å². The van der Waals surface area contributed by atoms with Crippen LogP contribution in [-0.4, -0.2) is 36.8 Å². The minimum atomic E-state index is -1.43. The van der Waals surface area contributed by atoms with E-state index in [0.29, 0.717) is 5.56 Å². The highest BCUT2D eigenvalue weighted by Crippen LogP contribution is 2.53. The second-order valence-electron chi connectivity index (χ2n) is 7.38. The Morgan fingerprint density at radius 3 is 2.32 bits per heavy atom. The summed E-state index contributed by atoms with van der Waals surface area (Å²) in [5.41, 5.74) is 1.08. The molecule has 6 heteroatoms. The molecule has 0 aromatic heterocycles. The van der Waals surface area contributed by atoms with Crippen LogP contribution in [0.4, 0.5) is 0 Å². The molecule has 2 saturated heterocycles. The summed E-state index contributed by atoms with van der Waals surface area (Å²) in [7, 11) is 2.78. The molecule has 28 heavy (non-hydrogen) atoms. The van der Waals surface area contributed by atoms with Crippen LogP contribution in [0.3, 0.4) is 0 Å². The zero-order chi connectivity index (χ0) is 20.1. The second-order valence-corrected chi connectivity index (χ2v) is 7.38. The number of likely N-dealkylation sites (tertiary alicyclic amines) is 1. The Kier molecular flexibility index (Phi) is 4.31. The fraction of sp³-hybridized carbons (Fsp3) is 0.318. The van der Waals surface area contributed by atoms with Gasteiger partial charge in [0.2, 0.25) is 11.8 Å². The fourth-order valence-corrected chi connectivity index (χ4v) is 4.69. The Bertz CT molecular complexity index is 958. The molecule has 0 radical (unpaired) electrons. The summed E-state index contributed by atoms with van der Waals surface area (Å²) >= 11 is 0. The maximum absolute atomic E-state index is 13.1. The van der Waals surface area contributed by atoms with Gasteiger partial charge in [0.05, 0.1) is 18.9 Å². The van der Waals surface area contributed by atoms with Gasteiger partial charge >= 0.3 is 5.97 Å². The maximum atomic E-state index is 13.1. The molecule has 4 rings (SSSR count). The zero-order valence-electron chi connectivity index (χ0n) is 16.0. The third kappa shape index (κ3) is 2.34. The number of esters is 1. The molecular weight excluding hydrogens is 356 g/mol. The van der Waals surface area contributed by atoms with E-state index in [-0.39, 0.29) is 11.8 Å². The Hall–Kier alpha value is -2.99. The minimum absolute atomic E-state index is 0.280. The third-order valence-electron chi connectivity index (χ3n) is 6.04. The quantitative estimate of drug-likeness (QED) is 0.653. The lowest BCUT2D eigenvalue weighted by Gasteiger charge is -2.32. The van der Waals surface area contributed by atoms with E-state index < -0.39 is 29.4 Å². The number of ether oxygens (including phenoxy) is 1. The fourth-order valence-electron chi connectivity index (χ4n) is 4.69. The van der Waals surface area contributed by atoms with Crippen molar-refractivity contribution in [1.29, 1.82) is 0 Å². The molecule has 2 heterocycles. The van der Waals surface area contributed by atoms with Crippen LogP contribution < -0.4 is 5.32 Å². The summed E-state index contributed by atoms with van der Waals surface area (Å²) in [5.74, 6) is -2.77. The van der Waals surface area contributed by atoms with Gasteiger partial charge in [0.1, 0.15) is 0 Å². The number of carbonyl (C=O) groups excluding carboxylic acids is 3. The van der Waals surface area contributed by atoms with E-state index in [1.807, 2.05) is 49.4 Å². The van der Waals surface area contributed by atoms with Crippen LogP contribution in [0.15, 0.2) is 54.6 Å². The Balaban J connectivity index is 1.97. The first-order valence-corrected chi connectivity index (χ1v) is 9.22. The van der Waals surface area contributed by atoms with Crippen molar-refractivity contribution >= 4 is 17.8 Å². The average molecular weight is 378 g/mol. The van der Waals surface area contributed by atoms with Crippen LogP contribution in [0.1, 0.15) is 22.7 Å². The summed E-state index contributed by atoms with van der Waals surface area (Å²) in [6, 6.07) is 16.3. The average Bonchev–Trinajstić information content (AvgIpc) is 3.19. The monoisotopic (exact) mass is 378 g/mol. The van der Waals surface area contributed by atoms with Crippen LogP contribution in [0.25, 0.3) is 0 Å². The lowest BCUT2D eigenvalue weighted by molar-refractivity contribution is -0.154. The van der Waals surface area contributed by atoms with Gasteiger partial charge in [0.15, 0.2) is 5.54 Å². The lowest BCUT2D eigenvalue weighted by Crippen LogP contribution is -2.53. The number of hydrogen-bond acceptors (Lipinski definition) is 5. The smallest absolute Gasteiger partial charge is 0.331 e. The van der Waals surface area contributed by atoms with Crippen LogP contribution >= 0.6 is 0 Å². The summed E-state index contributed by atoms with van der Waals surface area (Å²) in [4.78, 5) is 40.4. The first kappa shape index (κ1) is 18.4. The number of hydrogen-bond donors (Lipinski definition) is 1. The zero-order valence-corrected chi connectivity index (χ0v) is 16.0. The topological polar surface area (TPSA) is 75.7 Å². The van der Waals surface area contributed by atoms with Gasteiger partial charge in [-0.05, 0) is 23.6 Å². The number of fused-ring (bicyclic) bond motifs is 1. The van der Waals surface area contributed by atoms with E-state index in [0.717, 1.165) is 16.0 Å². The van der Waals surface area contributed by atoms with Crippen molar-refractivity contribution in [3.63, 3.8) is 0 Å². The minimum Gasteiger partial charge on any atom is -0.467 e. The maximum Gasteiger partial charge on any atom is 0.331 e. The van der Waals surface area contributed by atoms with Crippen LogP contribution in [0, 0.1) is 18.8 Å². The van der Waals surface area contributed by atoms with Crippen molar-refractivity contribution < 1.29 is 19.1 Å². The highest BCUT2D eigenvalue weighted by Gasteiger charge is 2.69. The number of benzene rings is 2. The number of rotatable bonds is 3. The van der Waals surface area contributed by atoms with E-state index in [9.17, 15) is 14.4 Å². The first-order valence-electron chi connectivity index (χ1n) is 9.22. The molecule has 0 unspecified atom stereocenters. The van der Waals surface area contributed by atoms with Crippen molar-refractivity contribution in [1.82, 2.24) is 10.2 Å². The van der Waals surface area contributed by atoms with Crippen molar-refractivity contribution in [2.75, 3.05) is 14.2 Å². The molecule has 2 aliphatic rings. The summed E-state index contributed by atoms with van der Waals surface area (Å²) < 4.78 is 5.15. The van der Waals surface area contributed by atoms with E-state index >= 15 is 0 Å². The van der Waals surface area contributed by atoms with Crippen LogP contribution in [-0.2, 0) is 24.7 Å². The molecule has 2 aromatic carbocycles. The second kappa shape index (κ2) is 6.56. The highest BCUT2D eigenvalue weighted by atomic mass is 16.5. The number of nitrogens with one attached hydrogen (secondary N) is 1. The SMILES string of the molecule is COC(=O)[C@@]1(c2ccccc2)N[C@H](c2ccccc2C)[C@@H]2C(=O)N(C)C(=O)[C@H]21. The molecule has 0 saturated carbocycles. The molecule has 0 bridgehead atoms. The summed E-state index contributed by atoms with van der Waals surface area (Å²) in [5, 5.41) is 3.37. The Labute approximate surface area is 163 Å². The van der Waals surface area contributed by atoms with Gasteiger partial charge in [-0.15, -0.1) is 0 Å². The Morgan fingerprint density at radius 2 is 1.68 bits per heavy atom. The Morgan fingerprint density at radius 1 is 1.04 bits per heavy atom. The number of nitrogens with zero attached hydrogens (tertiary/aromatic N) is 1. The molecule has 6 nitrogen and oxygen atoms in total. The molecule has 2 amide bonds. The normalized spacial score (nSPS) is 29.1. The number of methoxy groups -OCH3 is 1. The van der Waals surface area contributed by atoms with E-state index in [2.05, 4.69) is 5.32 Å². The predicted octanol–water partition coefficient (Wildman–Crippen LogP) is 1.94. The molecular formula is C22H22N2O4. The summed E-state index contributed by atoms with van der Waals surface area (Å²) in [6.07, 6.45) is 0. The van der Waals surface area contributed by atoms with Crippen molar-refractivity contribution in [2.24, 2.45) is 11.8 Å².